The van der Waals surface area contributed by atoms with E-state index in [1.165, 1.54) is 12.1 Å². The first-order chi connectivity index (χ1) is 12.6. The summed E-state index contributed by atoms with van der Waals surface area (Å²) in [6.07, 6.45) is 3.19. The molecule has 1 spiro atoms. The molecule has 0 unspecified atom stereocenters. The van der Waals surface area contributed by atoms with Crippen LogP contribution in [0.5, 0.6) is 0 Å². The number of hydrogen-bond acceptors (Lipinski definition) is 3. The number of hydrogen-bond donors (Lipinski definition) is 1. The molecule has 4 rings (SSSR count). The number of carbonyl (C=O) groups excluding carboxylic acids is 2. The predicted molar refractivity (Wildman–Crippen MR) is 95.3 cm³/mol. The Hall–Kier alpha value is -2.76. The molecule has 2 aromatic rings. The van der Waals surface area contributed by atoms with Gasteiger partial charge in [-0.2, -0.15) is 0 Å². The Morgan fingerprint density at radius 1 is 1.35 bits per heavy atom. The number of amides is 2. The Balaban J connectivity index is 1.74. The first-order valence-corrected chi connectivity index (χ1v) is 8.91. The van der Waals surface area contributed by atoms with Gasteiger partial charge in [0.15, 0.2) is 0 Å². The fourth-order valence-electron chi connectivity index (χ4n) is 4.37. The molecule has 134 valence electrons. The Bertz CT molecular complexity index is 868. The van der Waals surface area contributed by atoms with E-state index in [0.29, 0.717) is 19.4 Å². The fraction of sp³-hybridized carbons (Fsp3) is 0.350. The van der Waals surface area contributed by atoms with Crippen LogP contribution < -0.4 is 5.32 Å². The molecular formula is C20H20FN3O2. The lowest BCUT2D eigenvalue weighted by Crippen LogP contribution is -2.48. The van der Waals surface area contributed by atoms with Gasteiger partial charge in [0.2, 0.25) is 5.91 Å². The molecule has 1 aromatic carbocycles. The summed E-state index contributed by atoms with van der Waals surface area (Å²) in [6, 6.07) is 10.1. The van der Waals surface area contributed by atoms with Crippen LogP contribution in [0.4, 0.5) is 10.1 Å². The molecule has 2 aliphatic heterocycles. The lowest BCUT2D eigenvalue weighted by atomic mass is 9.73. The van der Waals surface area contributed by atoms with Crippen LogP contribution in [0.1, 0.15) is 42.2 Å². The zero-order valence-corrected chi connectivity index (χ0v) is 14.5. The number of likely N-dealkylation sites (tertiary alicyclic amines) is 1. The molecule has 6 heteroatoms. The van der Waals surface area contributed by atoms with Crippen molar-refractivity contribution >= 4 is 17.5 Å². The van der Waals surface area contributed by atoms with E-state index in [1.807, 2.05) is 31.2 Å². The molecule has 1 saturated heterocycles. The highest BCUT2D eigenvalue weighted by Gasteiger charge is 2.58. The topological polar surface area (TPSA) is 62.3 Å². The molecule has 0 radical (unpaired) electrons. The summed E-state index contributed by atoms with van der Waals surface area (Å²) in [5, 5.41) is 2.98. The average molecular weight is 353 g/mol. The van der Waals surface area contributed by atoms with Crippen molar-refractivity contribution in [3.8, 4) is 0 Å². The molecule has 3 heterocycles. The minimum absolute atomic E-state index is 0.0421. The molecule has 0 saturated carbocycles. The zero-order valence-electron chi connectivity index (χ0n) is 14.5. The molecule has 1 aromatic heterocycles. The van der Waals surface area contributed by atoms with Crippen LogP contribution in [0.2, 0.25) is 0 Å². The van der Waals surface area contributed by atoms with E-state index >= 15 is 0 Å². The number of pyridine rings is 1. The van der Waals surface area contributed by atoms with Crippen molar-refractivity contribution < 1.29 is 14.0 Å². The molecule has 26 heavy (non-hydrogen) atoms. The number of benzene rings is 1. The van der Waals surface area contributed by atoms with E-state index in [0.717, 1.165) is 23.9 Å². The summed E-state index contributed by atoms with van der Waals surface area (Å²) in [4.78, 5) is 31.7. The maximum Gasteiger partial charge on any atom is 0.272 e. The van der Waals surface area contributed by atoms with Crippen molar-refractivity contribution in [2.75, 3.05) is 11.9 Å². The summed E-state index contributed by atoms with van der Waals surface area (Å²) in [5.41, 5.74) is 1.28. The molecule has 2 atom stereocenters. The minimum atomic E-state index is -0.720. The van der Waals surface area contributed by atoms with E-state index in [2.05, 4.69) is 10.3 Å². The van der Waals surface area contributed by atoms with Gasteiger partial charge in [-0.15, -0.1) is 0 Å². The van der Waals surface area contributed by atoms with Crippen LogP contribution in [0.15, 0.2) is 42.6 Å². The van der Waals surface area contributed by atoms with Crippen LogP contribution in [0.25, 0.3) is 0 Å². The lowest BCUT2D eigenvalue weighted by molar-refractivity contribution is -0.121. The van der Waals surface area contributed by atoms with Crippen molar-refractivity contribution in [2.45, 2.75) is 37.6 Å². The summed E-state index contributed by atoms with van der Waals surface area (Å²) in [6.45, 7) is 2.52. The van der Waals surface area contributed by atoms with Crippen LogP contribution in [-0.2, 0) is 10.2 Å². The monoisotopic (exact) mass is 353 g/mol. The van der Waals surface area contributed by atoms with E-state index < -0.39 is 11.2 Å². The third-order valence-corrected chi connectivity index (χ3v) is 5.52. The fourth-order valence-corrected chi connectivity index (χ4v) is 4.37. The van der Waals surface area contributed by atoms with Crippen molar-refractivity contribution in [2.24, 2.45) is 0 Å². The van der Waals surface area contributed by atoms with Crippen LogP contribution in [0, 0.1) is 5.82 Å². The van der Waals surface area contributed by atoms with Gasteiger partial charge < -0.3 is 10.2 Å². The van der Waals surface area contributed by atoms with Crippen molar-refractivity contribution in [3.63, 3.8) is 0 Å². The largest absolute Gasteiger partial charge is 0.333 e. The maximum atomic E-state index is 13.1. The predicted octanol–water partition coefficient (Wildman–Crippen LogP) is 3.13. The van der Waals surface area contributed by atoms with Gasteiger partial charge in [-0.3, -0.25) is 9.59 Å². The molecule has 0 bridgehead atoms. The summed E-state index contributed by atoms with van der Waals surface area (Å²) in [5.74, 6) is -0.773. The molecule has 0 aliphatic carbocycles. The number of fused-ring (bicyclic) bond motifs is 2. The van der Waals surface area contributed by atoms with E-state index in [1.54, 1.807) is 4.90 Å². The number of rotatable bonds is 3. The number of carbonyl (C=O) groups is 2. The van der Waals surface area contributed by atoms with Gasteiger partial charge in [0, 0.05) is 12.2 Å². The molecule has 2 amide bonds. The Morgan fingerprint density at radius 3 is 2.88 bits per heavy atom. The average Bonchev–Trinajstić information content (AvgIpc) is 3.16. The molecule has 2 aliphatic rings. The van der Waals surface area contributed by atoms with E-state index in [-0.39, 0.29) is 23.6 Å². The maximum absolute atomic E-state index is 13.1. The number of para-hydroxylation sites is 1. The van der Waals surface area contributed by atoms with Crippen LogP contribution in [0.3, 0.4) is 0 Å². The van der Waals surface area contributed by atoms with Gasteiger partial charge >= 0.3 is 0 Å². The van der Waals surface area contributed by atoms with Crippen LogP contribution >= 0.6 is 0 Å². The first kappa shape index (κ1) is 16.7. The second-order valence-electron chi connectivity index (χ2n) is 6.89. The quantitative estimate of drug-likeness (QED) is 0.922. The number of aromatic nitrogens is 1. The van der Waals surface area contributed by atoms with E-state index in [9.17, 15) is 14.0 Å². The second-order valence-corrected chi connectivity index (χ2v) is 6.89. The van der Waals surface area contributed by atoms with Crippen LogP contribution in [-0.4, -0.2) is 34.3 Å². The van der Waals surface area contributed by atoms with E-state index in [4.69, 9.17) is 0 Å². The number of nitrogens with one attached hydrogen (secondary N) is 1. The molecule has 1 fully saturated rings. The zero-order chi connectivity index (χ0) is 18.3. The van der Waals surface area contributed by atoms with Crippen molar-refractivity contribution in [1.82, 2.24) is 9.88 Å². The van der Waals surface area contributed by atoms with Gasteiger partial charge in [0.1, 0.15) is 11.5 Å². The Morgan fingerprint density at radius 2 is 2.15 bits per heavy atom. The second kappa shape index (κ2) is 6.20. The molecular weight excluding hydrogens is 333 g/mol. The van der Waals surface area contributed by atoms with Crippen molar-refractivity contribution in [3.05, 3.63) is 59.7 Å². The molecule has 1 N–H and O–H groups in total. The number of anilines is 1. The van der Waals surface area contributed by atoms with Gasteiger partial charge in [-0.1, -0.05) is 31.5 Å². The minimum Gasteiger partial charge on any atom is -0.333 e. The standard InChI is InChI=1S/C20H20FN3O2/c1-2-5-17-20(14-6-3-4-7-15(14)23-19(20)26)10-11-24(17)18(25)16-9-8-13(21)12-22-16/h3-4,6-9,12,17H,2,5,10-11H2,1H3,(H,23,26)/t17-,20-/m0/s1. The van der Waals surface area contributed by atoms with Crippen molar-refractivity contribution in [1.29, 1.82) is 0 Å². The summed E-state index contributed by atoms with van der Waals surface area (Å²) >= 11 is 0. The van der Waals surface area contributed by atoms with Gasteiger partial charge in [0.05, 0.1) is 17.7 Å². The number of halogens is 1. The normalized spacial score (nSPS) is 24.0. The Labute approximate surface area is 151 Å². The number of nitrogens with zero attached hydrogens (tertiary/aromatic N) is 2. The molecule has 5 nitrogen and oxygen atoms in total. The summed E-state index contributed by atoms with van der Waals surface area (Å²) < 4.78 is 13.1. The lowest BCUT2D eigenvalue weighted by Gasteiger charge is -2.33. The Kier molecular flexibility index (Phi) is 3.98. The smallest absolute Gasteiger partial charge is 0.272 e. The third kappa shape index (κ3) is 2.32. The highest BCUT2D eigenvalue weighted by molar-refractivity contribution is 6.08. The first-order valence-electron chi connectivity index (χ1n) is 8.91. The highest BCUT2D eigenvalue weighted by atomic mass is 19.1. The van der Waals surface area contributed by atoms with Gasteiger partial charge in [0.25, 0.3) is 5.91 Å². The van der Waals surface area contributed by atoms with Gasteiger partial charge in [-0.25, -0.2) is 9.37 Å². The van der Waals surface area contributed by atoms with Gasteiger partial charge in [-0.05, 0) is 36.6 Å². The highest BCUT2D eigenvalue weighted by Crippen LogP contribution is 2.49. The summed E-state index contributed by atoms with van der Waals surface area (Å²) in [7, 11) is 0. The third-order valence-electron chi connectivity index (χ3n) is 5.52. The SMILES string of the molecule is CCC[C@@H]1N(C(=O)c2ccc(F)cn2)CC[C@@]12C(=O)Nc1ccccc12.